The summed E-state index contributed by atoms with van der Waals surface area (Å²) in [6.45, 7) is 10.9. The van der Waals surface area contributed by atoms with E-state index in [2.05, 4.69) is 5.32 Å². The minimum atomic E-state index is -3.74. The Morgan fingerprint density at radius 3 is 2.12 bits per heavy atom. The van der Waals surface area contributed by atoms with Crippen molar-refractivity contribution in [2.24, 2.45) is 0 Å². The van der Waals surface area contributed by atoms with Crippen LogP contribution in [0.25, 0.3) is 0 Å². The number of aryl methyl sites for hydroxylation is 3. The minimum Gasteiger partial charge on any atom is -0.352 e. The molecule has 2 aromatic rings. The molecule has 2 amide bonds. The summed E-state index contributed by atoms with van der Waals surface area (Å²) in [4.78, 5) is 27.7. The average molecular weight is 474 g/mol. The molecule has 1 N–H and O–H groups in total. The van der Waals surface area contributed by atoms with Crippen molar-refractivity contribution in [3.05, 3.63) is 64.7 Å². The number of hydrogen-bond acceptors (Lipinski definition) is 4. The number of nitrogens with zero attached hydrogens (tertiary/aromatic N) is 2. The van der Waals surface area contributed by atoms with Crippen molar-refractivity contribution in [2.75, 3.05) is 17.1 Å². The quantitative estimate of drug-likeness (QED) is 0.605. The highest BCUT2D eigenvalue weighted by molar-refractivity contribution is 7.92. The summed E-state index contributed by atoms with van der Waals surface area (Å²) >= 11 is 0. The number of carbonyl (C=O) groups is 2. The van der Waals surface area contributed by atoms with Crippen LogP contribution in [0, 0.1) is 20.8 Å². The van der Waals surface area contributed by atoms with Gasteiger partial charge in [-0.05, 0) is 75.9 Å². The highest BCUT2D eigenvalue weighted by atomic mass is 32.2. The summed E-state index contributed by atoms with van der Waals surface area (Å²) in [5, 5.41) is 2.84. The molecule has 8 heteroatoms. The normalized spacial score (nSPS) is 12.4. The van der Waals surface area contributed by atoms with Crippen molar-refractivity contribution in [3.63, 3.8) is 0 Å². The Morgan fingerprint density at radius 1 is 0.939 bits per heavy atom. The molecule has 0 unspecified atom stereocenters. The maximum Gasteiger partial charge on any atom is 0.244 e. The lowest BCUT2D eigenvalue weighted by Crippen LogP contribution is -2.52. The molecule has 0 saturated heterocycles. The maximum absolute atomic E-state index is 13.5. The van der Waals surface area contributed by atoms with Crippen LogP contribution in [-0.4, -0.2) is 50.0 Å². The first-order valence-corrected chi connectivity index (χ1v) is 12.9. The summed E-state index contributed by atoms with van der Waals surface area (Å²) in [5.74, 6) is -0.739. The monoisotopic (exact) mass is 473 g/mol. The van der Waals surface area contributed by atoms with E-state index in [-0.39, 0.29) is 18.5 Å². The van der Waals surface area contributed by atoms with E-state index < -0.39 is 28.5 Å². The molecule has 0 fully saturated rings. The maximum atomic E-state index is 13.5. The van der Waals surface area contributed by atoms with Crippen LogP contribution in [0.3, 0.4) is 0 Å². The van der Waals surface area contributed by atoms with Crippen LogP contribution < -0.4 is 9.62 Å². The number of sulfonamides is 1. The zero-order chi connectivity index (χ0) is 24.9. The molecule has 2 rings (SSSR count). The van der Waals surface area contributed by atoms with Gasteiger partial charge in [-0.2, -0.15) is 0 Å². The van der Waals surface area contributed by atoms with E-state index in [9.17, 15) is 18.0 Å². The van der Waals surface area contributed by atoms with Crippen LogP contribution in [0.2, 0.25) is 0 Å². The molecule has 0 saturated carbocycles. The molecule has 0 aliphatic carbocycles. The fraction of sp³-hybridized carbons (Fsp3) is 0.440. The SMILES string of the molecule is Cc1ccc(N(CC(=O)N(Cc2ccccc2C)[C@@H](C)C(=O)NC(C)C)S(C)(=O)=O)cc1C. The van der Waals surface area contributed by atoms with Gasteiger partial charge in [-0.15, -0.1) is 0 Å². The van der Waals surface area contributed by atoms with Gasteiger partial charge in [0.05, 0.1) is 11.9 Å². The fourth-order valence-electron chi connectivity index (χ4n) is 3.45. The molecule has 0 heterocycles. The summed E-state index contributed by atoms with van der Waals surface area (Å²) in [5.41, 5.74) is 4.26. The third-order valence-corrected chi connectivity index (χ3v) is 6.80. The number of hydrogen-bond donors (Lipinski definition) is 1. The van der Waals surface area contributed by atoms with Gasteiger partial charge >= 0.3 is 0 Å². The van der Waals surface area contributed by atoms with Crippen LogP contribution in [0.1, 0.15) is 43.0 Å². The molecule has 0 aromatic heterocycles. The lowest BCUT2D eigenvalue weighted by atomic mass is 10.1. The van der Waals surface area contributed by atoms with Crippen molar-refractivity contribution in [3.8, 4) is 0 Å². The zero-order valence-corrected chi connectivity index (χ0v) is 21.4. The van der Waals surface area contributed by atoms with Crippen molar-refractivity contribution < 1.29 is 18.0 Å². The Morgan fingerprint density at radius 2 is 1.58 bits per heavy atom. The molecular formula is C25H35N3O4S. The van der Waals surface area contributed by atoms with Crippen molar-refractivity contribution >= 4 is 27.5 Å². The summed E-state index contributed by atoms with van der Waals surface area (Å²) in [7, 11) is -3.74. The zero-order valence-electron chi connectivity index (χ0n) is 20.5. The van der Waals surface area contributed by atoms with Gasteiger partial charge in [0.2, 0.25) is 21.8 Å². The Kier molecular flexibility index (Phi) is 8.66. The summed E-state index contributed by atoms with van der Waals surface area (Å²) < 4.78 is 26.3. The first-order chi connectivity index (χ1) is 15.3. The molecule has 2 aromatic carbocycles. The van der Waals surface area contributed by atoms with Gasteiger partial charge < -0.3 is 10.2 Å². The van der Waals surface area contributed by atoms with Gasteiger partial charge in [-0.3, -0.25) is 13.9 Å². The van der Waals surface area contributed by atoms with Gasteiger partial charge in [0.25, 0.3) is 0 Å². The third-order valence-electron chi connectivity index (χ3n) is 5.66. The fourth-order valence-corrected chi connectivity index (χ4v) is 4.29. The topological polar surface area (TPSA) is 86.8 Å². The second-order valence-corrected chi connectivity index (χ2v) is 10.7. The smallest absolute Gasteiger partial charge is 0.244 e. The molecule has 7 nitrogen and oxygen atoms in total. The minimum absolute atomic E-state index is 0.0848. The van der Waals surface area contributed by atoms with Gasteiger partial charge in [0.1, 0.15) is 12.6 Å². The lowest BCUT2D eigenvalue weighted by molar-refractivity contribution is -0.139. The second kappa shape index (κ2) is 10.8. The predicted molar refractivity (Wildman–Crippen MR) is 133 cm³/mol. The number of benzene rings is 2. The van der Waals surface area contributed by atoms with E-state index in [1.165, 1.54) is 4.90 Å². The molecule has 180 valence electrons. The van der Waals surface area contributed by atoms with Gasteiger partial charge in [0.15, 0.2) is 0 Å². The van der Waals surface area contributed by atoms with Gasteiger partial charge in [-0.25, -0.2) is 8.42 Å². The van der Waals surface area contributed by atoms with Crippen molar-refractivity contribution in [2.45, 2.75) is 60.2 Å². The van der Waals surface area contributed by atoms with Crippen LogP contribution >= 0.6 is 0 Å². The van der Waals surface area contributed by atoms with Crippen LogP contribution in [-0.2, 0) is 26.2 Å². The van der Waals surface area contributed by atoms with Crippen LogP contribution in [0.4, 0.5) is 5.69 Å². The van der Waals surface area contributed by atoms with E-state index >= 15 is 0 Å². The van der Waals surface area contributed by atoms with Gasteiger partial charge in [0, 0.05) is 12.6 Å². The first-order valence-electron chi connectivity index (χ1n) is 11.0. The molecule has 1 atom stereocenters. The van der Waals surface area contributed by atoms with Crippen molar-refractivity contribution in [1.82, 2.24) is 10.2 Å². The predicted octanol–water partition coefficient (Wildman–Crippen LogP) is 3.32. The number of rotatable bonds is 9. The number of amides is 2. The molecule has 0 aliphatic heterocycles. The number of carbonyl (C=O) groups excluding carboxylic acids is 2. The number of anilines is 1. The van der Waals surface area contributed by atoms with E-state index in [0.717, 1.165) is 32.8 Å². The molecule has 33 heavy (non-hydrogen) atoms. The highest BCUT2D eigenvalue weighted by Crippen LogP contribution is 2.22. The largest absolute Gasteiger partial charge is 0.352 e. The molecule has 0 spiro atoms. The van der Waals surface area contributed by atoms with E-state index in [1.807, 2.05) is 65.0 Å². The van der Waals surface area contributed by atoms with Gasteiger partial charge in [-0.1, -0.05) is 30.3 Å². The first kappa shape index (κ1) is 26.4. The molecular weight excluding hydrogens is 438 g/mol. The molecule has 0 bridgehead atoms. The third kappa shape index (κ3) is 7.05. The van der Waals surface area contributed by atoms with E-state index in [0.29, 0.717) is 5.69 Å². The lowest BCUT2D eigenvalue weighted by Gasteiger charge is -2.32. The van der Waals surface area contributed by atoms with Crippen molar-refractivity contribution in [1.29, 1.82) is 0 Å². The standard InChI is InChI=1S/C25H35N3O4S/c1-17(2)26-25(30)21(6)27(15-22-11-9-8-10-19(22)4)24(29)16-28(33(7,31)32)23-13-12-18(3)20(5)14-23/h8-14,17,21H,15-16H2,1-7H3,(H,26,30)/t21-/m0/s1. The summed E-state index contributed by atoms with van der Waals surface area (Å²) in [6.07, 6.45) is 1.08. The Bertz CT molecular complexity index is 1110. The van der Waals surface area contributed by atoms with Crippen LogP contribution in [0.5, 0.6) is 0 Å². The highest BCUT2D eigenvalue weighted by Gasteiger charge is 2.30. The Balaban J connectivity index is 2.43. The number of nitrogens with one attached hydrogen (secondary N) is 1. The molecule has 0 radical (unpaired) electrons. The Labute approximate surface area is 197 Å². The average Bonchev–Trinajstić information content (AvgIpc) is 2.71. The van der Waals surface area contributed by atoms with Crippen LogP contribution in [0.15, 0.2) is 42.5 Å². The van der Waals surface area contributed by atoms with E-state index in [4.69, 9.17) is 0 Å². The molecule has 0 aliphatic rings. The Hall–Kier alpha value is -2.87. The second-order valence-electron chi connectivity index (χ2n) is 8.83. The van der Waals surface area contributed by atoms with E-state index in [1.54, 1.807) is 19.1 Å². The summed E-state index contributed by atoms with van der Waals surface area (Å²) in [6, 6.07) is 12.0.